The molecule has 3 N–H and O–H groups in total. The van der Waals surface area contributed by atoms with Gasteiger partial charge in [-0.25, -0.2) is 4.98 Å². The molecular weight excluding hydrogens is 230 g/mol. The Kier molecular flexibility index (Phi) is 3.81. The average molecular weight is 249 g/mol. The standard InChI is InChI=1S/C13H19N3O2/c1-18-12-4-3-10(9-16-12)8-15-11(17)7-13(14)5-2-6-13/h3-4,9H,2,5-8,14H2,1H3,(H,15,17). The van der Waals surface area contributed by atoms with Crippen LogP contribution in [0.3, 0.4) is 0 Å². The van der Waals surface area contributed by atoms with Crippen LogP contribution in [-0.4, -0.2) is 23.5 Å². The number of nitrogens with one attached hydrogen (secondary N) is 1. The molecule has 0 spiro atoms. The van der Waals surface area contributed by atoms with Gasteiger partial charge >= 0.3 is 0 Å². The number of amides is 1. The minimum Gasteiger partial charge on any atom is -0.481 e. The van der Waals surface area contributed by atoms with Crippen molar-refractivity contribution in [1.82, 2.24) is 10.3 Å². The predicted octanol–water partition coefficient (Wildman–Crippen LogP) is 0.978. The van der Waals surface area contributed by atoms with Crippen molar-refractivity contribution in [3.8, 4) is 5.88 Å². The summed E-state index contributed by atoms with van der Waals surface area (Å²) in [6, 6.07) is 3.66. The van der Waals surface area contributed by atoms with Crippen molar-refractivity contribution < 1.29 is 9.53 Å². The number of ether oxygens (including phenoxy) is 1. The van der Waals surface area contributed by atoms with Crippen molar-refractivity contribution in [3.63, 3.8) is 0 Å². The first-order chi connectivity index (χ1) is 8.61. The molecule has 1 amide bonds. The molecule has 0 aromatic carbocycles. The van der Waals surface area contributed by atoms with E-state index in [1.165, 1.54) is 0 Å². The second-order valence-corrected chi connectivity index (χ2v) is 4.88. The van der Waals surface area contributed by atoms with Crippen LogP contribution in [-0.2, 0) is 11.3 Å². The van der Waals surface area contributed by atoms with E-state index in [-0.39, 0.29) is 11.4 Å². The number of hydrogen-bond acceptors (Lipinski definition) is 4. The van der Waals surface area contributed by atoms with Gasteiger partial charge in [-0.3, -0.25) is 4.79 Å². The van der Waals surface area contributed by atoms with Crippen LogP contribution in [0.2, 0.25) is 0 Å². The van der Waals surface area contributed by atoms with Gasteiger partial charge < -0.3 is 15.8 Å². The van der Waals surface area contributed by atoms with E-state index in [4.69, 9.17) is 10.5 Å². The van der Waals surface area contributed by atoms with Crippen molar-refractivity contribution in [3.05, 3.63) is 23.9 Å². The summed E-state index contributed by atoms with van der Waals surface area (Å²) in [6.45, 7) is 0.478. The molecule has 18 heavy (non-hydrogen) atoms. The predicted molar refractivity (Wildman–Crippen MR) is 68.0 cm³/mol. The molecule has 5 nitrogen and oxygen atoms in total. The van der Waals surface area contributed by atoms with Gasteiger partial charge in [0, 0.05) is 30.8 Å². The summed E-state index contributed by atoms with van der Waals surface area (Å²) in [6.07, 6.45) is 5.14. The lowest BCUT2D eigenvalue weighted by atomic mass is 9.75. The van der Waals surface area contributed by atoms with E-state index in [1.54, 1.807) is 19.4 Å². The van der Waals surface area contributed by atoms with Crippen molar-refractivity contribution in [1.29, 1.82) is 0 Å². The van der Waals surface area contributed by atoms with Crippen LogP contribution < -0.4 is 15.8 Å². The van der Waals surface area contributed by atoms with E-state index >= 15 is 0 Å². The molecule has 0 atom stereocenters. The minimum absolute atomic E-state index is 0.00742. The Labute approximate surface area is 107 Å². The first-order valence-electron chi connectivity index (χ1n) is 6.16. The Balaban J connectivity index is 1.78. The lowest BCUT2D eigenvalue weighted by Crippen LogP contribution is -2.49. The van der Waals surface area contributed by atoms with Crippen LogP contribution in [0, 0.1) is 0 Å². The number of carbonyl (C=O) groups is 1. The highest BCUT2D eigenvalue weighted by Gasteiger charge is 2.34. The van der Waals surface area contributed by atoms with Gasteiger partial charge in [-0.15, -0.1) is 0 Å². The second-order valence-electron chi connectivity index (χ2n) is 4.88. The molecule has 0 radical (unpaired) electrons. The largest absolute Gasteiger partial charge is 0.481 e. The maximum absolute atomic E-state index is 11.7. The zero-order valence-corrected chi connectivity index (χ0v) is 10.6. The van der Waals surface area contributed by atoms with Gasteiger partial charge in [0.2, 0.25) is 11.8 Å². The maximum Gasteiger partial charge on any atom is 0.222 e. The van der Waals surface area contributed by atoms with Crippen LogP contribution in [0.5, 0.6) is 5.88 Å². The molecule has 0 unspecified atom stereocenters. The third kappa shape index (κ3) is 3.20. The molecular formula is C13H19N3O2. The number of hydrogen-bond donors (Lipinski definition) is 2. The average Bonchev–Trinajstić information content (AvgIpc) is 2.35. The van der Waals surface area contributed by atoms with E-state index in [9.17, 15) is 4.79 Å². The monoisotopic (exact) mass is 249 g/mol. The summed E-state index contributed by atoms with van der Waals surface area (Å²) in [4.78, 5) is 15.8. The van der Waals surface area contributed by atoms with Gasteiger partial charge in [-0.05, 0) is 24.8 Å². The highest BCUT2D eigenvalue weighted by molar-refractivity contribution is 5.77. The van der Waals surface area contributed by atoms with E-state index in [2.05, 4.69) is 10.3 Å². The van der Waals surface area contributed by atoms with Gasteiger partial charge in [0.1, 0.15) is 0 Å². The van der Waals surface area contributed by atoms with Crippen LogP contribution >= 0.6 is 0 Å². The Morgan fingerprint density at radius 2 is 2.33 bits per heavy atom. The lowest BCUT2D eigenvalue weighted by Gasteiger charge is -2.37. The molecule has 1 aliphatic rings. The van der Waals surface area contributed by atoms with Crippen molar-refractivity contribution in [2.45, 2.75) is 37.8 Å². The Hall–Kier alpha value is -1.62. The normalized spacial score (nSPS) is 16.8. The van der Waals surface area contributed by atoms with Gasteiger partial charge in [0.05, 0.1) is 7.11 Å². The van der Waals surface area contributed by atoms with E-state index in [1.807, 2.05) is 6.07 Å². The molecule has 2 rings (SSSR count). The Morgan fingerprint density at radius 3 is 2.83 bits per heavy atom. The third-order valence-electron chi connectivity index (χ3n) is 3.36. The SMILES string of the molecule is COc1ccc(CNC(=O)CC2(N)CCC2)cn1. The van der Waals surface area contributed by atoms with E-state index in [0.717, 1.165) is 24.8 Å². The number of carbonyl (C=O) groups excluding carboxylic acids is 1. The first-order valence-corrected chi connectivity index (χ1v) is 6.16. The molecule has 1 fully saturated rings. The van der Waals surface area contributed by atoms with Crippen molar-refractivity contribution in [2.75, 3.05) is 7.11 Å². The number of aromatic nitrogens is 1. The van der Waals surface area contributed by atoms with E-state index in [0.29, 0.717) is 18.8 Å². The van der Waals surface area contributed by atoms with Crippen molar-refractivity contribution >= 4 is 5.91 Å². The topological polar surface area (TPSA) is 77.2 Å². The van der Waals surface area contributed by atoms with Crippen LogP contribution in [0.25, 0.3) is 0 Å². The molecule has 0 aliphatic heterocycles. The summed E-state index contributed by atoms with van der Waals surface area (Å²) in [7, 11) is 1.57. The smallest absolute Gasteiger partial charge is 0.222 e. The molecule has 1 aromatic heterocycles. The Morgan fingerprint density at radius 1 is 1.56 bits per heavy atom. The van der Waals surface area contributed by atoms with Crippen molar-refractivity contribution in [2.24, 2.45) is 5.73 Å². The molecule has 0 saturated heterocycles. The first kappa shape index (κ1) is 12.8. The zero-order valence-electron chi connectivity index (χ0n) is 10.6. The van der Waals surface area contributed by atoms with E-state index < -0.39 is 0 Å². The number of pyridine rings is 1. The van der Waals surface area contributed by atoms with Gasteiger partial charge in [0.25, 0.3) is 0 Å². The number of rotatable bonds is 5. The second kappa shape index (κ2) is 5.35. The summed E-state index contributed by atoms with van der Waals surface area (Å²) in [5.74, 6) is 0.577. The summed E-state index contributed by atoms with van der Waals surface area (Å²) >= 11 is 0. The molecule has 0 bridgehead atoms. The van der Waals surface area contributed by atoms with Crippen LogP contribution in [0.15, 0.2) is 18.3 Å². The quantitative estimate of drug-likeness (QED) is 0.815. The van der Waals surface area contributed by atoms with Gasteiger partial charge in [-0.1, -0.05) is 6.07 Å². The maximum atomic E-state index is 11.7. The van der Waals surface area contributed by atoms with Crippen LogP contribution in [0.4, 0.5) is 0 Å². The van der Waals surface area contributed by atoms with Gasteiger partial charge in [0.15, 0.2) is 0 Å². The molecule has 5 heteroatoms. The Bertz CT molecular complexity index is 413. The number of nitrogens with zero attached hydrogens (tertiary/aromatic N) is 1. The molecule has 98 valence electrons. The summed E-state index contributed by atoms with van der Waals surface area (Å²) < 4.78 is 4.97. The fraction of sp³-hybridized carbons (Fsp3) is 0.538. The molecule has 1 aromatic rings. The zero-order chi connectivity index (χ0) is 13.0. The highest BCUT2D eigenvalue weighted by Crippen LogP contribution is 2.31. The summed E-state index contributed by atoms with van der Waals surface area (Å²) in [5, 5.41) is 2.86. The third-order valence-corrected chi connectivity index (χ3v) is 3.36. The molecule has 1 heterocycles. The fourth-order valence-corrected chi connectivity index (χ4v) is 2.03. The minimum atomic E-state index is -0.262. The molecule has 1 aliphatic carbocycles. The van der Waals surface area contributed by atoms with Gasteiger partial charge in [-0.2, -0.15) is 0 Å². The van der Waals surface area contributed by atoms with Crippen LogP contribution in [0.1, 0.15) is 31.2 Å². The number of nitrogens with two attached hydrogens (primary N) is 1. The lowest BCUT2D eigenvalue weighted by molar-refractivity contribution is -0.123. The summed E-state index contributed by atoms with van der Waals surface area (Å²) in [5.41, 5.74) is 6.71. The fourth-order valence-electron chi connectivity index (χ4n) is 2.03. The highest BCUT2D eigenvalue weighted by atomic mass is 16.5. The molecule has 1 saturated carbocycles. The number of methoxy groups -OCH3 is 1.